The van der Waals surface area contributed by atoms with Crippen molar-refractivity contribution in [3.05, 3.63) is 42.2 Å². The van der Waals surface area contributed by atoms with Crippen LogP contribution in [0.25, 0.3) is 27.7 Å². The van der Waals surface area contributed by atoms with Crippen LogP contribution < -0.4 is 5.32 Å². The van der Waals surface area contributed by atoms with Crippen LogP contribution in [0.5, 0.6) is 0 Å². The molecule has 34 heavy (non-hydrogen) atoms. The van der Waals surface area contributed by atoms with Crippen LogP contribution in [0.4, 0.5) is 10.3 Å². The number of hydrogen-bond donors (Lipinski definition) is 1. The molecule has 8 nitrogen and oxygen atoms in total. The van der Waals surface area contributed by atoms with Gasteiger partial charge in [0.1, 0.15) is 11.3 Å². The molecule has 3 aromatic heterocycles. The van der Waals surface area contributed by atoms with E-state index in [1.54, 1.807) is 6.07 Å². The molecule has 0 unspecified atom stereocenters. The smallest absolute Gasteiger partial charge is 0.241 e. The van der Waals surface area contributed by atoms with E-state index in [4.69, 9.17) is 4.74 Å². The summed E-state index contributed by atoms with van der Waals surface area (Å²) in [6.45, 7) is 9.80. The first kappa shape index (κ1) is 21.5. The van der Waals surface area contributed by atoms with Gasteiger partial charge < -0.3 is 14.6 Å². The minimum absolute atomic E-state index is 0.191. The van der Waals surface area contributed by atoms with Gasteiger partial charge in [0, 0.05) is 43.0 Å². The van der Waals surface area contributed by atoms with Crippen LogP contribution in [0.2, 0.25) is 0 Å². The molecule has 2 aliphatic rings. The van der Waals surface area contributed by atoms with Gasteiger partial charge in [0.25, 0.3) is 0 Å². The first-order chi connectivity index (χ1) is 16.5. The lowest BCUT2D eigenvalue weighted by atomic mass is 9.85. The lowest BCUT2D eigenvalue weighted by Gasteiger charge is -2.44. The summed E-state index contributed by atoms with van der Waals surface area (Å²) in [6, 6.07) is 6.74. The van der Waals surface area contributed by atoms with Crippen LogP contribution in [0, 0.1) is 12.7 Å². The SMILES string of the molecule is Cc1nc2c(F)cc(-c3ccn4nc(NC5CC(N6CCOCC6)C5)ncc34)cc2n1C(C)C. The average Bonchev–Trinajstić information content (AvgIpc) is 3.37. The standard InChI is InChI=1S/C25H30FN7O/c1-15(2)33-16(3)28-24-21(26)10-17(11-22(24)33)20-4-5-32-23(20)14-27-25(30-32)29-18-12-19(13-18)31-6-8-34-9-7-31/h4-5,10-11,14-15,18-19H,6-9,12-13H2,1-3H3,(H,29,30). The third-order valence-corrected chi connectivity index (χ3v) is 7.18. The van der Waals surface area contributed by atoms with Gasteiger partial charge in [-0.2, -0.15) is 0 Å². The van der Waals surface area contributed by atoms with E-state index in [0.717, 1.165) is 67.1 Å². The van der Waals surface area contributed by atoms with E-state index in [1.807, 2.05) is 36.0 Å². The van der Waals surface area contributed by atoms with E-state index < -0.39 is 0 Å². The Morgan fingerprint density at radius 2 is 1.94 bits per heavy atom. The van der Waals surface area contributed by atoms with Gasteiger partial charge in [-0.3, -0.25) is 4.90 Å². The van der Waals surface area contributed by atoms with Crippen molar-refractivity contribution < 1.29 is 9.13 Å². The Morgan fingerprint density at radius 1 is 1.15 bits per heavy atom. The monoisotopic (exact) mass is 463 g/mol. The predicted molar refractivity (Wildman–Crippen MR) is 130 cm³/mol. The minimum atomic E-state index is -0.312. The summed E-state index contributed by atoms with van der Waals surface area (Å²) in [6.07, 6.45) is 5.92. The zero-order chi connectivity index (χ0) is 23.4. The van der Waals surface area contributed by atoms with Crippen molar-refractivity contribution in [3.8, 4) is 11.1 Å². The maximum atomic E-state index is 15.0. The van der Waals surface area contributed by atoms with Crippen molar-refractivity contribution >= 4 is 22.5 Å². The molecule has 1 saturated heterocycles. The lowest BCUT2D eigenvalue weighted by Crippen LogP contribution is -2.53. The van der Waals surface area contributed by atoms with Crippen molar-refractivity contribution in [3.63, 3.8) is 0 Å². The molecule has 0 atom stereocenters. The third-order valence-electron chi connectivity index (χ3n) is 7.18. The maximum absolute atomic E-state index is 15.0. The number of imidazole rings is 1. The predicted octanol–water partition coefficient (Wildman–Crippen LogP) is 4.05. The molecule has 1 aliphatic heterocycles. The Morgan fingerprint density at radius 3 is 2.71 bits per heavy atom. The number of ether oxygens (including phenoxy) is 1. The molecule has 9 heteroatoms. The Bertz CT molecular complexity index is 1350. The molecule has 1 saturated carbocycles. The molecule has 4 heterocycles. The van der Waals surface area contributed by atoms with Gasteiger partial charge >= 0.3 is 0 Å². The number of hydrogen-bond acceptors (Lipinski definition) is 6. The minimum Gasteiger partial charge on any atom is -0.379 e. The van der Waals surface area contributed by atoms with Crippen molar-refractivity contribution in [2.45, 2.75) is 51.7 Å². The number of anilines is 1. The third kappa shape index (κ3) is 3.63. The van der Waals surface area contributed by atoms with Gasteiger partial charge in [0.15, 0.2) is 5.82 Å². The summed E-state index contributed by atoms with van der Waals surface area (Å²) >= 11 is 0. The number of aromatic nitrogens is 5. The molecule has 2 fully saturated rings. The van der Waals surface area contributed by atoms with E-state index in [9.17, 15) is 4.39 Å². The van der Waals surface area contributed by atoms with Crippen LogP contribution >= 0.6 is 0 Å². The zero-order valence-corrected chi connectivity index (χ0v) is 19.8. The highest BCUT2D eigenvalue weighted by atomic mass is 19.1. The summed E-state index contributed by atoms with van der Waals surface area (Å²) in [4.78, 5) is 11.5. The van der Waals surface area contributed by atoms with E-state index in [2.05, 4.69) is 43.7 Å². The second kappa shape index (κ2) is 8.32. The lowest BCUT2D eigenvalue weighted by molar-refractivity contribution is -0.00443. The molecule has 1 aliphatic carbocycles. The normalized spacial score (nSPS) is 21.4. The van der Waals surface area contributed by atoms with Crippen molar-refractivity contribution in [2.24, 2.45) is 0 Å². The van der Waals surface area contributed by atoms with E-state index >= 15 is 0 Å². The molecule has 178 valence electrons. The number of benzene rings is 1. The first-order valence-corrected chi connectivity index (χ1v) is 12.1. The number of aryl methyl sites for hydroxylation is 1. The average molecular weight is 464 g/mol. The first-order valence-electron chi connectivity index (χ1n) is 12.1. The van der Waals surface area contributed by atoms with Crippen LogP contribution in [-0.4, -0.2) is 67.4 Å². The Balaban J connectivity index is 1.24. The van der Waals surface area contributed by atoms with Crippen molar-refractivity contribution in [1.82, 2.24) is 29.0 Å². The Hall–Kier alpha value is -3.04. The summed E-state index contributed by atoms with van der Waals surface area (Å²) in [5, 5.41) is 8.14. The summed E-state index contributed by atoms with van der Waals surface area (Å²) in [5.41, 5.74) is 3.76. The summed E-state index contributed by atoms with van der Waals surface area (Å²) in [5.74, 6) is 1.12. The number of nitrogens with zero attached hydrogens (tertiary/aromatic N) is 6. The number of rotatable bonds is 5. The molecule has 1 aromatic carbocycles. The highest BCUT2D eigenvalue weighted by Gasteiger charge is 2.34. The molecular formula is C25H30FN7O. The second-order valence-electron chi connectivity index (χ2n) is 9.70. The molecule has 0 spiro atoms. The van der Waals surface area contributed by atoms with Gasteiger partial charge in [-0.15, -0.1) is 5.10 Å². The van der Waals surface area contributed by atoms with Crippen LogP contribution in [-0.2, 0) is 4.74 Å². The van der Waals surface area contributed by atoms with Gasteiger partial charge in [-0.25, -0.2) is 18.9 Å². The fraction of sp³-hybridized carbons (Fsp3) is 0.480. The van der Waals surface area contributed by atoms with E-state index in [-0.39, 0.29) is 11.9 Å². The Labute approximate surface area is 197 Å². The van der Waals surface area contributed by atoms with Gasteiger partial charge in [-0.05, 0) is 57.4 Å². The molecule has 1 N–H and O–H groups in total. The van der Waals surface area contributed by atoms with Gasteiger partial charge in [0.2, 0.25) is 5.95 Å². The van der Waals surface area contributed by atoms with Gasteiger partial charge in [0.05, 0.1) is 30.4 Å². The molecule has 0 amide bonds. The summed E-state index contributed by atoms with van der Waals surface area (Å²) in [7, 11) is 0. The van der Waals surface area contributed by atoms with Crippen LogP contribution in [0.3, 0.4) is 0 Å². The molecule has 0 radical (unpaired) electrons. The van der Waals surface area contributed by atoms with Crippen LogP contribution in [0.1, 0.15) is 38.6 Å². The number of halogens is 1. The number of nitrogens with one attached hydrogen (secondary N) is 1. The van der Waals surface area contributed by atoms with Gasteiger partial charge in [-0.1, -0.05) is 0 Å². The largest absolute Gasteiger partial charge is 0.379 e. The zero-order valence-electron chi connectivity index (χ0n) is 19.8. The second-order valence-corrected chi connectivity index (χ2v) is 9.70. The maximum Gasteiger partial charge on any atom is 0.241 e. The molecule has 6 rings (SSSR count). The molecule has 0 bridgehead atoms. The molecular weight excluding hydrogens is 433 g/mol. The fourth-order valence-electron chi connectivity index (χ4n) is 5.42. The number of fused-ring (bicyclic) bond motifs is 2. The summed E-state index contributed by atoms with van der Waals surface area (Å²) < 4.78 is 24.3. The topological polar surface area (TPSA) is 72.5 Å². The van der Waals surface area contributed by atoms with E-state index in [1.165, 1.54) is 0 Å². The highest BCUT2D eigenvalue weighted by molar-refractivity contribution is 5.88. The fourth-order valence-corrected chi connectivity index (χ4v) is 5.42. The molecule has 4 aromatic rings. The van der Waals surface area contributed by atoms with Crippen molar-refractivity contribution in [2.75, 3.05) is 31.6 Å². The van der Waals surface area contributed by atoms with Crippen molar-refractivity contribution in [1.29, 1.82) is 0 Å². The van der Waals surface area contributed by atoms with Crippen LogP contribution in [0.15, 0.2) is 30.6 Å². The number of morpholine rings is 1. The van der Waals surface area contributed by atoms with E-state index in [0.29, 0.717) is 23.5 Å². The quantitative estimate of drug-likeness (QED) is 0.482. The highest BCUT2D eigenvalue weighted by Crippen LogP contribution is 2.32. The Kier molecular flexibility index (Phi) is 5.26.